The molecule has 0 aliphatic rings. The lowest BCUT2D eigenvalue weighted by Gasteiger charge is -2.09. The summed E-state index contributed by atoms with van der Waals surface area (Å²) in [7, 11) is 1.61. The minimum Gasteiger partial charge on any atom is -0.497 e. The molecule has 8 nitrogen and oxygen atoms in total. The van der Waals surface area contributed by atoms with Gasteiger partial charge in [-0.05, 0) is 36.8 Å². The Hall–Kier alpha value is -3.94. The maximum atomic E-state index is 12.8. The monoisotopic (exact) mass is 389 g/mol. The highest BCUT2D eigenvalue weighted by Gasteiger charge is 2.12. The van der Waals surface area contributed by atoms with Gasteiger partial charge < -0.3 is 10.1 Å². The summed E-state index contributed by atoms with van der Waals surface area (Å²) < 4.78 is 6.29. The molecule has 2 aromatic heterocycles. The highest BCUT2D eigenvalue weighted by molar-refractivity contribution is 5.73. The van der Waals surface area contributed by atoms with Crippen LogP contribution in [0, 0.1) is 6.92 Å². The molecule has 0 radical (unpaired) electrons. The molecule has 0 spiro atoms. The second kappa shape index (κ2) is 7.59. The van der Waals surface area contributed by atoms with Gasteiger partial charge in [0.25, 0.3) is 5.56 Å². The Balaban J connectivity index is 1.66. The number of ether oxygens (including phenoxy) is 1. The zero-order chi connectivity index (χ0) is 20.4. The lowest BCUT2D eigenvalue weighted by atomic mass is 10.2. The van der Waals surface area contributed by atoms with Crippen LogP contribution in [0.3, 0.4) is 0 Å². The molecule has 0 unspecified atom stereocenters. The molecule has 4 aromatic rings. The van der Waals surface area contributed by atoms with E-state index in [1.54, 1.807) is 19.2 Å². The highest BCUT2D eigenvalue weighted by atomic mass is 16.5. The van der Waals surface area contributed by atoms with Gasteiger partial charge in [-0.3, -0.25) is 9.78 Å². The molecule has 0 bridgehead atoms. The van der Waals surface area contributed by atoms with Crippen molar-refractivity contribution in [2.75, 3.05) is 12.4 Å². The molecular formula is C21H19N5O3. The van der Waals surface area contributed by atoms with E-state index in [0.29, 0.717) is 18.2 Å². The number of H-pyrrole nitrogens is 1. The van der Waals surface area contributed by atoms with Crippen molar-refractivity contribution in [3.05, 3.63) is 86.7 Å². The van der Waals surface area contributed by atoms with Crippen molar-refractivity contribution in [1.82, 2.24) is 19.5 Å². The molecule has 0 aliphatic carbocycles. The maximum Gasteiger partial charge on any atom is 0.334 e. The van der Waals surface area contributed by atoms with Gasteiger partial charge in [0, 0.05) is 12.7 Å². The lowest BCUT2D eigenvalue weighted by Crippen LogP contribution is -2.34. The normalized spacial score (nSPS) is 10.8. The Morgan fingerprint density at radius 1 is 1.14 bits per heavy atom. The Morgan fingerprint density at radius 2 is 1.93 bits per heavy atom. The van der Waals surface area contributed by atoms with Gasteiger partial charge in [-0.25, -0.2) is 14.3 Å². The van der Waals surface area contributed by atoms with Gasteiger partial charge in [0.1, 0.15) is 11.1 Å². The number of hydrogen-bond donors (Lipinski definition) is 2. The van der Waals surface area contributed by atoms with Gasteiger partial charge >= 0.3 is 5.69 Å². The number of aromatic amines is 1. The third-order valence-electron chi connectivity index (χ3n) is 4.53. The van der Waals surface area contributed by atoms with Crippen molar-refractivity contribution in [2.24, 2.45) is 0 Å². The van der Waals surface area contributed by atoms with Crippen LogP contribution in [0.25, 0.3) is 16.7 Å². The lowest BCUT2D eigenvalue weighted by molar-refractivity contribution is 0.414. The number of aromatic nitrogens is 4. The highest BCUT2D eigenvalue weighted by Crippen LogP contribution is 2.14. The summed E-state index contributed by atoms with van der Waals surface area (Å²) in [5.41, 5.74) is 1.68. The molecule has 29 heavy (non-hydrogen) atoms. The van der Waals surface area contributed by atoms with Crippen molar-refractivity contribution in [1.29, 1.82) is 0 Å². The Labute approximate surface area is 165 Å². The summed E-state index contributed by atoms with van der Waals surface area (Å²) in [5, 5.41) is 3.32. The number of anilines is 1. The second-order valence-corrected chi connectivity index (χ2v) is 6.57. The summed E-state index contributed by atoms with van der Waals surface area (Å²) in [6, 6.07) is 14.7. The number of nitrogens with zero attached hydrogens (tertiary/aromatic N) is 3. The van der Waals surface area contributed by atoms with Gasteiger partial charge in [0.15, 0.2) is 5.65 Å². The van der Waals surface area contributed by atoms with E-state index in [1.165, 1.54) is 6.20 Å². The standard InChI is InChI=1S/C21H19N5O3/c1-13-6-8-15(9-7-13)26-19(27)17-12-23-20(24-18(17)25-21(26)28)22-11-14-4-3-5-16(10-14)29-2/h3-10,12H,11H2,1-2H3,(H2,22,23,24,25,28). The number of benzene rings is 2. The Bertz CT molecular complexity index is 1290. The van der Waals surface area contributed by atoms with Crippen molar-refractivity contribution in [3.63, 3.8) is 0 Å². The molecule has 0 fully saturated rings. The molecule has 0 saturated carbocycles. The first kappa shape index (κ1) is 18.4. The van der Waals surface area contributed by atoms with Crippen LogP contribution in [-0.2, 0) is 6.54 Å². The van der Waals surface area contributed by atoms with E-state index in [1.807, 2.05) is 43.3 Å². The minimum atomic E-state index is -0.552. The quantitative estimate of drug-likeness (QED) is 0.543. The molecule has 0 saturated heterocycles. The van der Waals surface area contributed by atoms with E-state index in [2.05, 4.69) is 20.3 Å². The third kappa shape index (κ3) is 3.73. The molecule has 2 heterocycles. The molecule has 146 valence electrons. The molecule has 2 aromatic carbocycles. The number of methoxy groups -OCH3 is 1. The van der Waals surface area contributed by atoms with E-state index in [9.17, 15) is 9.59 Å². The fourth-order valence-corrected chi connectivity index (χ4v) is 2.98. The SMILES string of the molecule is COc1cccc(CNc2ncc3c(=O)n(-c4ccc(C)cc4)c(=O)[nH]c3n2)c1. The van der Waals surface area contributed by atoms with E-state index in [-0.39, 0.29) is 11.0 Å². The smallest absolute Gasteiger partial charge is 0.334 e. The Kier molecular flexibility index (Phi) is 4.82. The minimum absolute atomic E-state index is 0.187. The number of aryl methyl sites for hydroxylation is 1. The molecule has 4 rings (SSSR count). The van der Waals surface area contributed by atoms with E-state index >= 15 is 0 Å². The van der Waals surface area contributed by atoms with Crippen molar-refractivity contribution < 1.29 is 4.74 Å². The summed E-state index contributed by atoms with van der Waals surface area (Å²) in [6.45, 7) is 2.40. The van der Waals surface area contributed by atoms with Crippen LogP contribution in [-0.4, -0.2) is 26.6 Å². The molecule has 8 heteroatoms. The predicted molar refractivity (Wildman–Crippen MR) is 111 cm³/mol. The van der Waals surface area contributed by atoms with Gasteiger partial charge in [0.05, 0.1) is 12.8 Å². The van der Waals surface area contributed by atoms with Gasteiger partial charge in [-0.15, -0.1) is 0 Å². The zero-order valence-electron chi connectivity index (χ0n) is 16.0. The van der Waals surface area contributed by atoms with E-state index in [0.717, 1.165) is 21.4 Å². The summed E-state index contributed by atoms with van der Waals surface area (Å²) >= 11 is 0. The molecular weight excluding hydrogens is 370 g/mol. The Morgan fingerprint density at radius 3 is 2.69 bits per heavy atom. The van der Waals surface area contributed by atoms with Crippen molar-refractivity contribution >= 4 is 17.0 Å². The number of nitrogens with one attached hydrogen (secondary N) is 2. The fourth-order valence-electron chi connectivity index (χ4n) is 2.98. The topological polar surface area (TPSA) is 102 Å². The summed E-state index contributed by atoms with van der Waals surface area (Å²) in [6.07, 6.45) is 1.42. The van der Waals surface area contributed by atoms with Crippen molar-refractivity contribution in [2.45, 2.75) is 13.5 Å². The van der Waals surface area contributed by atoms with Crippen molar-refractivity contribution in [3.8, 4) is 11.4 Å². The van der Waals surface area contributed by atoms with Gasteiger partial charge in [-0.2, -0.15) is 4.98 Å². The van der Waals surface area contributed by atoms with Crippen LogP contribution in [0.2, 0.25) is 0 Å². The average Bonchev–Trinajstić information content (AvgIpc) is 2.73. The summed E-state index contributed by atoms with van der Waals surface area (Å²) in [5.74, 6) is 1.06. The zero-order valence-corrected chi connectivity index (χ0v) is 16.0. The fraction of sp³-hybridized carbons (Fsp3) is 0.143. The summed E-state index contributed by atoms with van der Waals surface area (Å²) in [4.78, 5) is 36.5. The largest absolute Gasteiger partial charge is 0.497 e. The molecule has 0 atom stereocenters. The van der Waals surface area contributed by atoms with Gasteiger partial charge in [0.2, 0.25) is 5.95 Å². The third-order valence-corrected chi connectivity index (χ3v) is 4.53. The van der Waals surface area contributed by atoms with Crippen LogP contribution >= 0.6 is 0 Å². The first-order chi connectivity index (χ1) is 14.0. The van der Waals surface area contributed by atoms with Crippen LogP contribution in [0.1, 0.15) is 11.1 Å². The van der Waals surface area contributed by atoms with Crippen LogP contribution in [0.4, 0.5) is 5.95 Å². The van der Waals surface area contributed by atoms with Crippen LogP contribution in [0.15, 0.2) is 64.3 Å². The number of fused-ring (bicyclic) bond motifs is 1. The first-order valence-corrected chi connectivity index (χ1v) is 9.01. The van der Waals surface area contributed by atoms with Crippen LogP contribution in [0.5, 0.6) is 5.75 Å². The molecule has 0 aliphatic heterocycles. The van der Waals surface area contributed by atoms with E-state index in [4.69, 9.17) is 4.74 Å². The van der Waals surface area contributed by atoms with Gasteiger partial charge in [-0.1, -0.05) is 29.8 Å². The van der Waals surface area contributed by atoms with Crippen LogP contribution < -0.4 is 21.3 Å². The maximum absolute atomic E-state index is 12.8. The molecule has 0 amide bonds. The second-order valence-electron chi connectivity index (χ2n) is 6.57. The first-order valence-electron chi connectivity index (χ1n) is 9.01. The average molecular weight is 389 g/mol. The van der Waals surface area contributed by atoms with E-state index < -0.39 is 11.2 Å². The molecule has 2 N–H and O–H groups in total. The predicted octanol–water partition coefficient (Wildman–Crippen LogP) is 2.40. The number of hydrogen-bond acceptors (Lipinski definition) is 6. The number of rotatable bonds is 5.